The molecule has 1 atom stereocenters. The molecule has 0 radical (unpaired) electrons. The highest BCUT2D eigenvalue weighted by atomic mass is 35.5. The highest BCUT2D eigenvalue weighted by Gasteiger charge is 2.14. The zero-order valence-corrected chi connectivity index (χ0v) is 9.22. The largest absolute Gasteiger partial charge is 0.239 e. The van der Waals surface area contributed by atoms with Crippen molar-refractivity contribution in [2.45, 2.75) is 5.92 Å². The summed E-state index contributed by atoms with van der Waals surface area (Å²) in [4.78, 5) is 4.16. The molecule has 2 aromatic rings. The van der Waals surface area contributed by atoms with Crippen LogP contribution in [0.4, 0.5) is 0 Å². The van der Waals surface area contributed by atoms with Gasteiger partial charge in [0, 0.05) is 0 Å². The number of hydrogen-bond donors (Lipinski definition) is 0. The average molecular weight is 229 g/mol. The predicted molar refractivity (Wildman–Crippen MR) is 63.1 cm³/mol. The molecule has 0 saturated carbocycles. The molecule has 2 nitrogen and oxygen atoms in total. The third-order valence-corrected chi connectivity index (χ3v) is 2.50. The Morgan fingerprint density at radius 1 is 1.06 bits per heavy atom. The third kappa shape index (κ3) is 2.21. The second-order valence-electron chi connectivity index (χ2n) is 3.36. The van der Waals surface area contributed by atoms with E-state index in [4.69, 9.17) is 11.6 Å². The van der Waals surface area contributed by atoms with Crippen LogP contribution in [0.15, 0.2) is 48.5 Å². The Labute approximate surface area is 99.1 Å². The number of pyridine rings is 1. The molecule has 0 N–H and O–H groups in total. The number of aromatic nitrogens is 1. The van der Waals surface area contributed by atoms with Gasteiger partial charge in [0.2, 0.25) is 0 Å². The Morgan fingerprint density at radius 3 is 2.44 bits per heavy atom. The predicted octanol–water partition coefficient (Wildman–Crippen LogP) is 3.39. The van der Waals surface area contributed by atoms with Gasteiger partial charge in [-0.05, 0) is 17.7 Å². The van der Waals surface area contributed by atoms with Gasteiger partial charge in [0.1, 0.15) is 11.1 Å². The van der Waals surface area contributed by atoms with E-state index in [1.165, 1.54) is 0 Å². The molecular weight excluding hydrogens is 220 g/mol. The summed E-state index contributed by atoms with van der Waals surface area (Å²) in [5, 5.41) is 9.60. The fourth-order valence-corrected chi connectivity index (χ4v) is 1.71. The second-order valence-corrected chi connectivity index (χ2v) is 3.75. The van der Waals surface area contributed by atoms with E-state index in [2.05, 4.69) is 11.1 Å². The number of nitriles is 1. The van der Waals surface area contributed by atoms with Crippen molar-refractivity contribution in [2.75, 3.05) is 0 Å². The summed E-state index contributed by atoms with van der Waals surface area (Å²) in [6.45, 7) is 0. The van der Waals surface area contributed by atoms with Crippen molar-refractivity contribution in [1.82, 2.24) is 4.98 Å². The lowest BCUT2D eigenvalue weighted by atomic mass is 9.97. The molecule has 1 aromatic heterocycles. The number of benzene rings is 1. The minimum absolute atomic E-state index is 0.361. The Kier molecular flexibility index (Phi) is 3.19. The summed E-state index contributed by atoms with van der Waals surface area (Å²) >= 11 is 5.81. The van der Waals surface area contributed by atoms with Crippen molar-refractivity contribution >= 4 is 11.6 Å². The summed E-state index contributed by atoms with van der Waals surface area (Å²) in [6.07, 6.45) is 0. The van der Waals surface area contributed by atoms with Gasteiger partial charge in [0.15, 0.2) is 0 Å². The van der Waals surface area contributed by atoms with Crippen molar-refractivity contribution in [3.63, 3.8) is 0 Å². The van der Waals surface area contributed by atoms with E-state index in [-0.39, 0.29) is 5.92 Å². The molecule has 0 aliphatic rings. The van der Waals surface area contributed by atoms with Crippen LogP contribution in [0.3, 0.4) is 0 Å². The summed E-state index contributed by atoms with van der Waals surface area (Å²) in [6, 6.07) is 17.1. The van der Waals surface area contributed by atoms with Gasteiger partial charge in [-0.2, -0.15) is 5.26 Å². The zero-order valence-electron chi connectivity index (χ0n) is 8.47. The summed E-state index contributed by atoms with van der Waals surface area (Å²) in [5.41, 5.74) is 1.61. The van der Waals surface area contributed by atoms with Crippen LogP contribution >= 0.6 is 11.6 Å². The van der Waals surface area contributed by atoms with Gasteiger partial charge in [-0.3, -0.25) is 0 Å². The molecule has 3 heteroatoms. The van der Waals surface area contributed by atoms with Crippen LogP contribution in [0.25, 0.3) is 0 Å². The van der Waals surface area contributed by atoms with Crippen LogP contribution in [0.5, 0.6) is 0 Å². The third-order valence-electron chi connectivity index (χ3n) is 2.29. The molecule has 78 valence electrons. The first kappa shape index (κ1) is 10.7. The average Bonchev–Trinajstić information content (AvgIpc) is 2.31. The maximum atomic E-state index is 9.19. The summed E-state index contributed by atoms with van der Waals surface area (Å²) in [7, 11) is 0. The molecule has 0 saturated heterocycles. The topological polar surface area (TPSA) is 36.7 Å². The maximum Gasteiger partial charge on any atom is 0.129 e. The van der Waals surface area contributed by atoms with Gasteiger partial charge in [0.25, 0.3) is 0 Å². The minimum atomic E-state index is -0.361. The lowest BCUT2D eigenvalue weighted by molar-refractivity contribution is 0.966. The van der Waals surface area contributed by atoms with Crippen LogP contribution in [-0.2, 0) is 0 Å². The Morgan fingerprint density at radius 2 is 1.81 bits per heavy atom. The van der Waals surface area contributed by atoms with Gasteiger partial charge >= 0.3 is 0 Å². The second kappa shape index (κ2) is 4.78. The van der Waals surface area contributed by atoms with E-state index in [1.54, 1.807) is 12.1 Å². The number of halogens is 1. The monoisotopic (exact) mass is 228 g/mol. The first-order valence-corrected chi connectivity index (χ1v) is 5.26. The molecule has 0 unspecified atom stereocenters. The standard InChI is InChI=1S/C13H9ClN2/c14-13-8-4-7-12(16-13)11(9-15)10-5-2-1-3-6-10/h1-8,11H/t11-/m1/s1. The van der Waals surface area contributed by atoms with Gasteiger partial charge in [0.05, 0.1) is 11.8 Å². The Bertz CT molecular complexity index is 517. The quantitative estimate of drug-likeness (QED) is 0.739. The smallest absolute Gasteiger partial charge is 0.129 e. The highest BCUT2D eigenvalue weighted by Crippen LogP contribution is 2.22. The van der Waals surface area contributed by atoms with Crippen molar-refractivity contribution in [3.8, 4) is 6.07 Å². The lowest BCUT2D eigenvalue weighted by Crippen LogP contribution is -2.00. The SMILES string of the molecule is N#C[C@H](c1ccccc1)c1cccc(Cl)n1. The van der Waals surface area contributed by atoms with E-state index in [1.807, 2.05) is 36.4 Å². The van der Waals surface area contributed by atoms with E-state index in [0.29, 0.717) is 10.8 Å². The normalized spacial score (nSPS) is 11.8. The molecule has 0 amide bonds. The Balaban J connectivity index is 2.42. The first-order chi connectivity index (χ1) is 7.81. The molecule has 0 fully saturated rings. The minimum Gasteiger partial charge on any atom is -0.239 e. The molecule has 16 heavy (non-hydrogen) atoms. The molecule has 0 spiro atoms. The lowest BCUT2D eigenvalue weighted by Gasteiger charge is -2.08. The van der Waals surface area contributed by atoms with Crippen molar-refractivity contribution in [3.05, 3.63) is 64.9 Å². The first-order valence-electron chi connectivity index (χ1n) is 4.88. The van der Waals surface area contributed by atoms with E-state index >= 15 is 0 Å². The van der Waals surface area contributed by atoms with Crippen molar-refractivity contribution in [2.24, 2.45) is 0 Å². The Hall–Kier alpha value is -1.85. The van der Waals surface area contributed by atoms with Gasteiger partial charge in [-0.1, -0.05) is 48.0 Å². The zero-order chi connectivity index (χ0) is 11.4. The number of nitrogens with zero attached hydrogens (tertiary/aromatic N) is 2. The maximum absolute atomic E-state index is 9.19. The molecular formula is C13H9ClN2. The molecule has 2 rings (SSSR count). The van der Waals surface area contributed by atoms with Crippen LogP contribution in [0.2, 0.25) is 5.15 Å². The summed E-state index contributed by atoms with van der Waals surface area (Å²) < 4.78 is 0. The molecule has 0 bridgehead atoms. The summed E-state index contributed by atoms with van der Waals surface area (Å²) in [5.74, 6) is -0.361. The molecule has 1 heterocycles. The van der Waals surface area contributed by atoms with Crippen LogP contribution in [0, 0.1) is 11.3 Å². The van der Waals surface area contributed by atoms with Gasteiger partial charge < -0.3 is 0 Å². The van der Waals surface area contributed by atoms with Crippen LogP contribution in [0.1, 0.15) is 17.2 Å². The van der Waals surface area contributed by atoms with E-state index < -0.39 is 0 Å². The van der Waals surface area contributed by atoms with E-state index in [0.717, 1.165) is 5.56 Å². The van der Waals surface area contributed by atoms with Gasteiger partial charge in [-0.25, -0.2) is 4.98 Å². The fourth-order valence-electron chi connectivity index (χ4n) is 1.54. The molecule has 0 aliphatic heterocycles. The van der Waals surface area contributed by atoms with Gasteiger partial charge in [-0.15, -0.1) is 0 Å². The number of hydrogen-bond acceptors (Lipinski definition) is 2. The molecule has 0 aliphatic carbocycles. The molecule has 1 aromatic carbocycles. The number of rotatable bonds is 2. The fraction of sp³-hybridized carbons (Fsp3) is 0.0769. The highest BCUT2D eigenvalue weighted by molar-refractivity contribution is 6.29. The van der Waals surface area contributed by atoms with Crippen LogP contribution in [-0.4, -0.2) is 4.98 Å². The van der Waals surface area contributed by atoms with Crippen molar-refractivity contribution in [1.29, 1.82) is 5.26 Å². The van der Waals surface area contributed by atoms with E-state index in [9.17, 15) is 5.26 Å². The van der Waals surface area contributed by atoms with Crippen LogP contribution < -0.4 is 0 Å². The van der Waals surface area contributed by atoms with Crippen molar-refractivity contribution < 1.29 is 0 Å².